The fourth-order valence-electron chi connectivity index (χ4n) is 1.89. The SMILES string of the molecule is CC(C)CC(=O)Nn1cnc2c(ncn2COCCO)c1=O. The maximum Gasteiger partial charge on any atom is 0.300 e. The lowest BCUT2D eigenvalue weighted by atomic mass is 10.1. The van der Waals surface area contributed by atoms with Gasteiger partial charge in [-0.3, -0.25) is 19.6 Å². The van der Waals surface area contributed by atoms with Crippen molar-refractivity contribution in [2.24, 2.45) is 5.92 Å². The fourth-order valence-corrected chi connectivity index (χ4v) is 1.89. The topological polar surface area (TPSA) is 111 Å². The van der Waals surface area contributed by atoms with Gasteiger partial charge in [0, 0.05) is 6.42 Å². The number of nitrogens with one attached hydrogen (secondary N) is 1. The number of amides is 1. The average molecular weight is 309 g/mol. The van der Waals surface area contributed by atoms with Crippen LogP contribution in [0.1, 0.15) is 20.3 Å². The normalized spacial score (nSPS) is 11.3. The van der Waals surface area contributed by atoms with Gasteiger partial charge in [0.2, 0.25) is 5.91 Å². The Bertz CT molecular complexity index is 706. The van der Waals surface area contributed by atoms with E-state index in [2.05, 4.69) is 15.4 Å². The van der Waals surface area contributed by atoms with Crippen molar-refractivity contribution in [1.29, 1.82) is 0 Å². The molecule has 2 heterocycles. The molecule has 2 N–H and O–H groups in total. The van der Waals surface area contributed by atoms with Crippen LogP contribution >= 0.6 is 0 Å². The molecule has 0 aliphatic carbocycles. The van der Waals surface area contributed by atoms with Gasteiger partial charge >= 0.3 is 0 Å². The summed E-state index contributed by atoms with van der Waals surface area (Å²) in [7, 11) is 0. The van der Waals surface area contributed by atoms with Gasteiger partial charge in [-0.2, -0.15) is 0 Å². The summed E-state index contributed by atoms with van der Waals surface area (Å²) < 4.78 is 7.74. The van der Waals surface area contributed by atoms with Crippen molar-refractivity contribution >= 4 is 17.1 Å². The molecule has 120 valence electrons. The Morgan fingerprint density at radius 2 is 2.18 bits per heavy atom. The number of hydrogen-bond acceptors (Lipinski definition) is 6. The zero-order valence-electron chi connectivity index (χ0n) is 12.5. The minimum Gasteiger partial charge on any atom is -0.394 e. The van der Waals surface area contributed by atoms with Crippen LogP contribution in [0, 0.1) is 5.92 Å². The Morgan fingerprint density at radius 3 is 2.86 bits per heavy atom. The standard InChI is InChI=1S/C13H19N5O4/c1-9(2)5-10(20)16-18-7-15-12-11(13(18)21)14-6-17(12)8-22-4-3-19/h6-7,9,19H,3-5,8H2,1-2H3,(H,16,20). The van der Waals surface area contributed by atoms with Crippen molar-refractivity contribution in [1.82, 2.24) is 19.2 Å². The molecule has 0 saturated carbocycles. The van der Waals surface area contributed by atoms with E-state index in [1.807, 2.05) is 13.8 Å². The van der Waals surface area contributed by atoms with E-state index in [1.54, 1.807) is 4.57 Å². The molecular weight excluding hydrogens is 290 g/mol. The van der Waals surface area contributed by atoms with E-state index in [0.29, 0.717) is 12.1 Å². The number of fused-ring (bicyclic) bond motifs is 1. The smallest absolute Gasteiger partial charge is 0.300 e. The molecule has 0 saturated heterocycles. The predicted molar refractivity (Wildman–Crippen MR) is 78.6 cm³/mol. The Labute approximate surface area is 126 Å². The number of carbonyl (C=O) groups excluding carboxylic acids is 1. The summed E-state index contributed by atoms with van der Waals surface area (Å²) in [4.78, 5) is 32.1. The Balaban J connectivity index is 2.20. The van der Waals surface area contributed by atoms with Gasteiger partial charge in [0.1, 0.15) is 13.1 Å². The minimum atomic E-state index is -0.456. The van der Waals surface area contributed by atoms with Crippen LogP contribution in [0.15, 0.2) is 17.4 Å². The van der Waals surface area contributed by atoms with Crippen LogP contribution in [0.4, 0.5) is 0 Å². The Kier molecular flexibility index (Phi) is 5.23. The Morgan fingerprint density at radius 1 is 1.41 bits per heavy atom. The first-order chi connectivity index (χ1) is 10.5. The van der Waals surface area contributed by atoms with E-state index in [1.165, 1.54) is 12.7 Å². The zero-order chi connectivity index (χ0) is 16.1. The van der Waals surface area contributed by atoms with Gasteiger partial charge in [-0.25, -0.2) is 14.6 Å². The third kappa shape index (κ3) is 3.68. The molecule has 0 bridgehead atoms. The van der Waals surface area contributed by atoms with Gasteiger partial charge in [0.05, 0.1) is 19.5 Å². The average Bonchev–Trinajstić information content (AvgIpc) is 2.85. The highest BCUT2D eigenvalue weighted by molar-refractivity contribution is 5.84. The molecule has 1 amide bonds. The minimum absolute atomic E-state index is 0.0885. The molecule has 0 unspecified atom stereocenters. The summed E-state index contributed by atoms with van der Waals surface area (Å²) in [6.45, 7) is 4.06. The number of imidazole rings is 1. The molecule has 9 heteroatoms. The molecule has 2 aromatic rings. The lowest BCUT2D eigenvalue weighted by Gasteiger charge is -2.09. The molecular formula is C13H19N5O4. The van der Waals surface area contributed by atoms with Crippen molar-refractivity contribution in [3.05, 3.63) is 23.0 Å². The molecule has 0 atom stereocenters. The molecule has 0 aliphatic heterocycles. The van der Waals surface area contributed by atoms with Gasteiger partial charge in [0.15, 0.2) is 11.2 Å². The molecule has 2 rings (SSSR count). The number of aliphatic hydroxyl groups excluding tert-OH is 1. The maximum atomic E-state index is 12.2. The third-order valence-corrected chi connectivity index (χ3v) is 2.83. The number of rotatable bonds is 7. The van der Waals surface area contributed by atoms with Crippen LogP contribution in [0.2, 0.25) is 0 Å². The molecule has 22 heavy (non-hydrogen) atoms. The van der Waals surface area contributed by atoms with E-state index in [4.69, 9.17) is 9.84 Å². The van der Waals surface area contributed by atoms with Crippen LogP contribution in [-0.2, 0) is 16.3 Å². The van der Waals surface area contributed by atoms with E-state index in [0.717, 1.165) is 4.68 Å². The highest BCUT2D eigenvalue weighted by Gasteiger charge is 2.12. The number of aromatic nitrogens is 4. The van der Waals surface area contributed by atoms with E-state index in [9.17, 15) is 9.59 Å². The number of ether oxygens (including phenoxy) is 1. The molecule has 0 radical (unpaired) electrons. The monoisotopic (exact) mass is 309 g/mol. The molecule has 0 aromatic carbocycles. The maximum absolute atomic E-state index is 12.2. The zero-order valence-corrected chi connectivity index (χ0v) is 12.5. The third-order valence-electron chi connectivity index (χ3n) is 2.83. The van der Waals surface area contributed by atoms with E-state index < -0.39 is 5.56 Å². The second-order valence-electron chi connectivity index (χ2n) is 5.20. The number of nitrogens with zero attached hydrogens (tertiary/aromatic N) is 4. The summed E-state index contributed by atoms with van der Waals surface area (Å²) in [6.07, 6.45) is 2.98. The first-order valence-electron chi connectivity index (χ1n) is 6.94. The van der Waals surface area contributed by atoms with E-state index >= 15 is 0 Å². The molecule has 2 aromatic heterocycles. The second kappa shape index (κ2) is 7.14. The van der Waals surface area contributed by atoms with Gasteiger partial charge in [0.25, 0.3) is 5.56 Å². The van der Waals surface area contributed by atoms with Crippen molar-refractivity contribution in [3.8, 4) is 0 Å². The number of hydrogen-bond donors (Lipinski definition) is 2. The van der Waals surface area contributed by atoms with Crippen molar-refractivity contribution in [2.75, 3.05) is 18.6 Å². The van der Waals surface area contributed by atoms with Crippen LogP contribution in [0.25, 0.3) is 11.2 Å². The van der Waals surface area contributed by atoms with Gasteiger partial charge in [-0.05, 0) is 5.92 Å². The van der Waals surface area contributed by atoms with E-state index in [-0.39, 0.29) is 37.3 Å². The highest BCUT2D eigenvalue weighted by atomic mass is 16.5. The van der Waals surface area contributed by atoms with Gasteiger partial charge < -0.3 is 9.84 Å². The molecule has 0 aliphatic rings. The molecule has 0 spiro atoms. The van der Waals surface area contributed by atoms with Gasteiger partial charge in [-0.15, -0.1) is 0 Å². The summed E-state index contributed by atoms with van der Waals surface area (Å²) in [5.41, 5.74) is 2.53. The molecule has 9 nitrogen and oxygen atoms in total. The number of aliphatic hydroxyl groups is 1. The lowest BCUT2D eigenvalue weighted by molar-refractivity contribution is -0.117. The van der Waals surface area contributed by atoms with Crippen molar-refractivity contribution in [2.45, 2.75) is 27.0 Å². The first kappa shape index (κ1) is 16.1. The largest absolute Gasteiger partial charge is 0.394 e. The van der Waals surface area contributed by atoms with Gasteiger partial charge in [-0.1, -0.05) is 13.8 Å². The van der Waals surface area contributed by atoms with Crippen LogP contribution in [0.5, 0.6) is 0 Å². The predicted octanol–water partition coefficient (Wildman–Crippen LogP) is -0.324. The van der Waals surface area contributed by atoms with Crippen LogP contribution in [-0.4, -0.2) is 43.4 Å². The second-order valence-corrected chi connectivity index (χ2v) is 5.20. The van der Waals surface area contributed by atoms with Crippen LogP contribution < -0.4 is 11.0 Å². The molecule has 0 fully saturated rings. The quantitative estimate of drug-likeness (QED) is 0.678. The van der Waals surface area contributed by atoms with Crippen molar-refractivity contribution in [3.63, 3.8) is 0 Å². The summed E-state index contributed by atoms with van der Waals surface area (Å²) in [6, 6.07) is 0. The first-order valence-corrected chi connectivity index (χ1v) is 6.94. The fraction of sp³-hybridized carbons (Fsp3) is 0.538. The van der Waals surface area contributed by atoms with Crippen molar-refractivity contribution < 1.29 is 14.6 Å². The summed E-state index contributed by atoms with van der Waals surface area (Å²) in [5, 5.41) is 8.68. The van der Waals surface area contributed by atoms with Crippen LogP contribution in [0.3, 0.4) is 0 Å². The summed E-state index contributed by atoms with van der Waals surface area (Å²) >= 11 is 0. The summed E-state index contributed by atoms with van der Waals surface area (Å²) in [5.74, 6) is -0.0702. The Hall–Kier alpha value is -2.26. The number of carbonyl (C=O) groups is 1. The lowest BCUT2D eigenvalue weighted by Crippen LogP contribution is -2.33. The highest BCUT2D eigenvalue weighted by Crippen LogP contribution is 2.05.